The molecular formula is C9H9Cl2NO. The maximum atomic E-state index is 5.85. The minimum atomic E-state index is 0.367. The number of nitrogen functional groups attached to an aromatic ring is 1. The molecule has 70 valence electrons. The zero-order valence-corrected chi connectivity index (χ0v) is 8.40. The van der Waals surface area contributed by atoms with Crippen LogP contribution in [-0.4, -0.2) is 6.61 Å². The highest BCUT2D eigenvalue weighted by Gasteiger charge is 2.06. The van der Waals surface area contributed by atoms with Crippen molar-refractivity contribution in [2.45, 2.75) is 0 Å². The number of rotatable bonds is 3. The first-order valence-electron chi connectivity index (χ1n) is 3.63. The number of ether oxygens (including phenoxy) is 1. The van der Waals surface area contributed by atoms with Crippen LogP contribution < -0.4 is 10.5 Å². The van der Waals surface area contributed by atoms with Crippen molar-refractivity contribution in [3.05, 3.63) is 34.8 Å². The van der Waals surface area contributed by atoms with Crippen LogP contribution in [0.1, 0.15) is 0 Å². The first-order chi connectivity index (χ1) is 6.15. The largest absolute Gasteiger partial charge is 0.486 e. The molecule has 13 heavy (non-hydrogen) atoms. The monoisotopic (exact) mass is 217 g/mol. The average Bonchev–Trinajstić information content (AvgIpc) is 2.02. The second-order valence-electron chi connectivity index (χ2n) is 2.41. The molecule has 0 bridgehead atoms. The number of benzene rings is 1. The lowest BCUT2D eigenvalue weighted by Crippen LogP contribution is -1.98. The third-order valence-corrected chi connectivity index (χ3v) is 1.88. The highest BCUT2D eigenvalue weighted by Crippen LogP contribution is 2.34. The minimum absolute atomic E-state index is 0.367. The first kappa shape index (κ1) is 10.2. The molecule has 2 N–H and O–H groups in total. The number of anilines is 1. The molecule has 0 spiro atoms. The summed E-state index contributed by atoms with van der Waals surface area (Å²) in [5.74, 6) is 0.450. The summed E-state index contributed by atoms with van der Waals surface area (Å²) in [4.78, 5) is 0. The van der Waals surface area contributed by atoms with E-state index < -0.39 is 0 Å². The van der Waals surface area contributed by atoms with E-state index in [0.29, 0.717) is 28.1 Å². The summed E-state index contributed by atoms with van der Waals surface area (Å²) < 4.78 is 5.24. The zero-order chi connectivity index (χ0) is 9.84. The summed E-state index contributed by atoms with van der Waals surface area (Å²) in [5, 5.41) is 0.903. The fourth-order valence-electron chi connectivity index (χ4n) is 0.875. The van der Waals surface area contributed by atoms with Gasteiger partial charge in [0.15, 0.2) is 5.75 Å². The van der Waals surface area contributed by atoms with Gasteiger partial charge >= 0.3 is 0 Å². The van der Waals surface area contributed by atoms with Crippen molar-refractivity contribution in [1.82, 2.24) is 0 Å². The highest BCUT2D eigenvalue weighted by molar-refractivity contribution is 6.36. The molecule has 0 amide bonds. The molecule has 0 radical (unpaired) electrons. The highest BCUT2D eigenvalue weighted by atomic mass is 35.5. The van der Waals surface area contributed by atoms with Crippen molar-refractivity contribution in [2.75, 3.05) is 12.3 Å². The summed E-state index contributed by atoms with van der Waals surface area (Å²) in [6.45, 7) is 3.88. The van der Waals surface area contributed by atoms with Gasteiger partial charge in [0.2, 0.25) is 0 Å². The molecule has 0 heterocycles. The number of nitrogens with two attached hydrogens (primary N) is 1. The van der Waals surface area contributed by atoms with E-state index in [1.54, 1.807) is 18.2 Å². The summed E-state index contributed by atoms with van der Waals surface area (Å²) in [6, 6.07) is 3.17. The Labute approximate surface area is 86.9 Å². The van der Waals surface area contributed by atoms with Crippen molar-refractivity contribution in [2.24, 2.45) is 0 Å². The van der Waals surface area contributed by atoms with Crippen molar-refractivity contribution >= 4 is 28.9 Å². The summed E-state index contributed by atoms with van der Waals surface area (Å²) in [5.41, 5.74) is 6.06. The Kier molecular flexibility index (Phi) is 3.46. The molecule has 0 aliphatic heterocycles. The number of halogens is 2. The van der Waals surface area contributed by atoms with Crippen LogP contribution in [0, 0.1) is 0 Å². The van der Waals surface area contributed by atoms with Crippen LogP contribution >= 0.6 is 23.2 Å². The molecule has 0 atom stereocenters. The van der Waals surface area contributed by atoms with Gasteiger partial charge in [-0.1, -0.05) is 35.9 Å². The first-order valence-corrected chi connectivity index (χ1v) is 4.39. The van der Waals surface area contributed by atoms with Gasteiger partial charge in [-0.3, -0.25) is 0 Å². The van der Waals surface area contributed by atoms with Crippen LogP contribution in [0.3, 0.4) is 0 Å². The summed E-state index contributed by atoms with van der Waals surface area (Å²) in [6.07, 6.45) is 1.62. The van der Waals surface area contributed by atoms with E-state index in [2.05, 4.69) is 6.58 Å². The third-order valence-electron chi connectivity index (χ3n) is 1.38. The van der Waals surface area contributed by atoms with Gasteiger partial charge in [0.05, 0.1) is 10.7 Å². The SMILES string of the molecule is C=CCOc1c(N)cc(Cl)cc1Cl. The van der Waals surface area contributed by atoms with E-state index in [-0.39, 0.29) is 0 Å². The summed E-state index contributed by atoms with van der Waals surface area (Å²) >= 11 is 11.6. The predicted octanol–water partition coefficient (Wildman–Crippen LogP) is 3.14. The fourth-order valence-corrected chi connectivity index (χ4v) is 1.44. The van der Waals surface area contributed by atoms with Gasteiger partial charge in [-0.2, -0.15) is 0 Å². The molecule has 1 aromatic carbocycles. The Bertz CT molecular complexity index is 302. The normalized spacial score (nSPS) is 9.69. The van der Waals surface area contributed by atoms with Crippen molar-refractivity contribution in [3.63, 3.8) is 0 Å². The molecule has 2 nitrogen and oxygen atoms in total. The van der Waals surface area contributed by atoms with Crippen LogP contribution in [0.25, 0.3) is 0 Å². The Morgan fingerprint density at radius 3 is 2.69 bits per heavy atom. The molecule has 1 aromatic rings. The van der Waals surface area contributed by atoms with Gasteiger partial charge in [-0.05, 0) is 12.1 Å². The van der Waals surface area contributed by atoms with Crippen LogP contribution in [-0.2, 0) is 0 Å². The van der Waals surface area contributed by atoms with E-state index in [1.165, 1.54) is 0 Å². The molecule has 0 saturated carbocycles. The Morgan fingerprint density at radius 2 is 2.15 bits per heavy atom. The van der Waals surface area contributed by atoms with Crippen LogP contribution in [0.5, 0.6) is 5.75 Å². The van der Waals surface area contributed by atoms with Gasteiger partial charge < -0.3 is 10.5 Å². The van der Waals surface area contributed by atoms with Gasteiger partial charge in [0, 0.05) is 5.02 Å². The van der Waals surface area contributed by atoms with E-state index in [9.17, 15) is 0 Å². The second-order valence-corrected chi connectivity index (χ2v) is 3.25. The summed E-state index contributed by atoms with van der Waals surface area (Å²) in [7, 11) is 0. The third kappa shape index (κ3) is 2.54. The Morgan fingerprint density at radius 1 is 1.46 bits per heavy atom. The molecule has 0 saturated heterocycles. The van der Waals surface area contributed by atoms with Crippen molar-refractivity contribution in [3.8, 4) is 5.75 Å². The van der Waals surface area contributed by atoms with Crippen molar-refractivity contribution < 1.29 is 4.74 Å². The molecule has 0 fully saturated rings. The van der Waals surface area contributed by atoms with Crippen LogP contribution in [0.4, 0.5) is 5.69 Å². The number of hydrogen-bond acceptors (Lipinski definition) is 2. The second kappa shape index (κ2) is 4.40. The lowest BCUT2D eigenvalue weighted by molar-refractivity contribution is 0.365. The van der Waals surface area contributed by atoms with E-state index in [4.69, 9.17) is 33.7 Å². The van der Waals surface area contributed by atoms with E-state index in [1.807, 2.05) is 0 Å². The molecule has 4 heteroatoms. The minimum Gasteiger partial charge on any atom is -0.486 e. The lowest BCUT2D eigenvalue weighted by atomic mass is 10.3. The molecule has 0 unspecified atom stereocenters. The van der Waals surface area contributed by atoms with E-state index in [0.717, 1.165) is 0 Å². The smallest absolute Gasteiger partial charge is 0.161 e. The zero-order valence-electron chi connectivity index (χ0n) is 6.89. The maximum absolute atomic E-state index is 5.85. The fraction of sp³-hybridized carbons (Fsp3) is 0.111. The molecule has 1 rings (SSSR count). The quantitative estimate of drug-likeness (QED) is 0.624. The van der Waals surface area contributed by atoms with Gasteiger partial charge in [0.25, 0.3) is 0 Å². The predicted molar refractivity (Wildman–Crippen MR) is 56.6 cm³/mol. The van der Waals surface area contributed by atoms with Gasteiger partial charge in [0.1, 0.15) is 6.61 Å². The van der Waals surface area contributed by atoms with Crippen molar-refractivity contribution in [1.29, 1.82) is 0 Å². The standard InChI is InChI=1S/C9H9Cl2NO/c1-2-3-13-9-7(11)4-6(10)5-8(9)12/h2,4-5H,1,3,12H2. The molecular weight excluding hydrogens is 209 g/mol. The van der Waals surface area contributed by atoms with Gasteiger partial charge in [-0.25, -0.2) is 0 Å². The molecule has 0 aliphatic rings. The Balaban J connectivity index is 2.98. The lowest BCUT2D eigenvalue weighted by Gasteiger charge is -2.08. The maximum Gasteiger partial charge on any atom is 0.161 e. The average molecular weight is 218 g/mol. The van der Waals surface area contributed by atoms with Crippen LogP contribution in [0.2, 0.25) is 10.0 Å². The molecule has 0 aromatic heterocycles. The topological polar surface area (TPSA) is 35.2 Å². The van der Waals surface area contributed by atoms with Crippen LogP contribution in [0.15, 0.2) is 24.8 Å². The number of hydrogen-bond donors (Lipinski definition) is 1. The Hall–Kier alpha value is -0.860. The van der Waals surface area contributed by atoms with E-state index >= 15 is 0 Å². The van der Waals surface area contributed by atoms with Gasteiger partial charge in [-0.15, -0.1) is 0 Å². The molecule has 0 aliphatic carbocycles.